The van der Waals surface area contributed by atoms with Crippen molar-refractivity contribution >= 4 is 0 Å². The molecule has 3 atom stereocenters. The van der Waals surface area contributed by atoms with Crippen LogP contribution in [0.15, 0.2) is 0 Å². The van der Waals surface area contributed by atoms with Gasteiger partial charge in [-0.3, -0.25) is 0 Å². The molecule has 0 aromatic rings. The lowest BCUT2D eigenvalue weighted by Crippen LogP contribution is -2.53. The largest absolute Gasteiger partial charge is 0.393 e. The Labute approximate surface area is 114 Å². The van der Waals surface area contributed by atoms with Gasteiger partial charge in [0, 0.05) is 18.6 Å². The highest BCUT2D eigenvalue weighted by atomic mass is 19.4. The van der Waals surface area contributed by atoms with Crippen molar-refractivity contribution in [1.29, 1.82) is 0 Å². The third-order valence-electron chi connectivity index (χ3n) is 3.98. The van der Waals surface area contributed by atoms with E-state index in [1.165, 1.54) is 0 Å². The molecule has 0 aromatic carbocycles. The molecule has 3 unspecified atom stereocenters. The van der Waals surface area contributed by atoms with Gasteiger partial charge >= 0.3 is 6.18 Å². The molecule has 0 heterocycles. The molecule has 19 heavy (non-hydrogen) atoms. The molecule has 2 nitrogen and oxygen atoms in total. The van der Waals surface area contributed by atoms with Gasteiger partial charge in [0.1, 0.15) is 0 Å². The van der Waals surface area contributed by atoms with Crippen LogP contribution in [-0.4, -0.2) is 43.8 Å². The van der Waals surface area contributed by atoms with Gasteiger partial charge in [-0.2, -0.15) is 13.2 Å². The smallest absolute Gasteiger partial charge is 0.309 e. The van der Waals surface area contributed by atoms with Crippen LogP contribution in [0.25, 0.3) is 0 Å². The minimum Gasteiger partial charge on any atom is -0.309 e. The highest BCUT2D eigenvalue weighted by Gasteiger charge is 2.45. The standard InChI is InChI=1S/C14H27F3N2/c1-10(2)13(9-19(3)4)18-12-8-6-5-7-11(12)14(15,16)17/h10-13,18H,5-9H2,1-4H3. The number of nitrogens with one attached hydrogen (secondary N) is 1. The molecular formula is C14H27F3N2. The Morgan fingerprint density at radius 3 is 2.21 bits per heavy atom. The second-order valence-electron chi connectivity index (χ2n) is 6.32. The molecule has 0 aliphatic heterocycles. The summed E-state index contributed by atoms with van der Waals surface area (Å²) in [5, 5.41) is 3.28. The van der Waals surface area contributed by atoms with E-state index in [1.807, 2.05) is 19.0 Å². The summed E-state index contributed by atoms with van der Waals surface area (Å²) >= 11 is 0. The summed E-state index contributed by atoms with van der Waals surface area (Å²) in [4.78, 5) is 2.03. The number of likely N-dealkylation sites (N-methyl/N-ethyl adjacent to an activating group) is 1. The molecule has 1 aliphatic carbocycles. The van der Waals surface area contributed by atoms with E-state index >= 15 is 0 Å². The zero-order valence-electron chi connectivity index (χ0n) is 12.4. The first kappa shape index (κ1) is 16.8. The van der Waals surface area contributed by atoms with E-state index in [1.54, 1.807) is 0 Å². The fourth-order valence-electron chi connectivity index (χ4n) is 2.85. The molecule has 1 N–H and O–H groups in total. The van der Waals surface area contributed by atoms with Crippen LogP contribution in [0.3, 0.4) is 0 Å². The van der Waals surface area contributed by atoms with Crippen LogP contribution >= 0.6 is 0 Å². The highest BCUT2D eigenvalue weighted by Crippen LogP contribution is 2.38. The molecule has 5 heteroatoms. The van der Waals surface area contributed by atoms with E-state index < -0.39 is 18.1 Å². The van der Waals surface area contributed by atoms with Crippen LogP contribution in [0.2, 0.25) is 0 Å². The van der Waals surface area contributed by atoms with Crippen LogP contribution in [0, 0.1) is 11.8 Å². The molecule has 0 saturated heterocycles. The zero-order valence-corrected chi connectivity index (χ0v) is 12.4. The maximum absolute atomic E-state index is 13.1. The fraction of sp³-hybridized carbons (Fsp3) is 1.00. The van der Waals surface area contributed by atoms with Gasteiger partial charge < -0.3 is 10.2 Å². The number of alkyl halides is 3. The molecular weight excluding hydrogens is 253 g/mol. The molecule has 1 saturated carbocycles. The zero-order chi connectivity index (χ0) is 14.6. The fourth-order valence-corrected chi connectivity index (χ4v) is 2.85. The van der Waals surface area contributed by atoms with Crippen molar-refractivity contribution in [2.24, 2.45) is 11.8 Å². The monoisotopic (exact) mass is 280 g/mol. The van der Waals surface area contributed by atoms with E-state index in [-0.39, 0.29) is 12.5 Å². The summed E-state index contributed by atoms with van der Waals surface area (Å²) in [5.74, 6) is -0.845. The lowest BCUT2D eigenvalue weighted by atomic mass is 9.83. The van der Waals surface area contributed by atoms with Crippen LogP contribution < -0.4 is 5.32 Å². The van der Waals surface area contributed by atoms with E-state index in [4.69, 9.17) is 0 Å². The second kappa shape index (κ2) is 6.93. The number of rotatable bonds is 5. The SMILES string of the molecule is CC(C)C(CN(C)C)NC1CCCCC1C(F)(F)F. The number of hydrogen-bond acceptors (Lipinski definition) is 2. The number of halogens is 3. The molecule has 0 aromatic heterocycles. The van der Waals surface area contributed by atoms with Crippen LogP contribution in [0.5, 0.6) is 0 Å². The molecule has 0 radical (unpaired) electrons. The maximum atomic E-state index is 13.1. The molecule has 0 bridgehead atoms. The molecule has 114 valence electrons. The molecule has 0 spiro atoms. The van der Waals surface area contributed by atoms with Gasteiger partial charge in [-0.05, 0) is 32.9 Å². The lowest BCUT2D eigenvalue weighted by molar-refractivity contribution is -0.189. The summed E-state index contributed by atoms with van der Waals surface area (Å²) in [6.45, 7) is 4.90. The van der Waals surface area contributed by atoms with Gasteiger partial charge in [0.05, 0.1) is 5.92 Å². The summed E-state index contributed by atoms with van der Waals surface area (Å²) in [5.41, 5.74) is 0. The highest BCUT2D eigenvalue weighted by molar-refractivity contribution is 4.89. The van der Waals surface area contributed by atoms with Crippen molar-refractivity contribution in [1.82, 2.24) is 10.2 Å². The maximum Gasteiger partial charge on any atom is 0.393 e. The molecule has 0 amide bonds. The normalized spacial score (nSPS) is 27.0. The minimum absolute atomic E-state index is 0.114. The topological polar surface area (TPSA) is 15.3 Å². The van der Waals surface area contributed by atoms with Crippen molar-refractivity contribution in [3.05, 3.63) is 0 Å². The van der Waals surface area contributed by atoms with Gasteiger partial charge in [-0.1, -0.05) is 26.7 Å². The first-order valence-electron chi connectivity index (χ1n) is 7.19. The average Bonchev–Trinajstić information content (AvgIpc) is 2.26. The van der Waals surface area contributed by atoms with Crippen LogP contribution in [0.4, 0.5) is 13.2 Å². The third-order valence-corrected chi connectivity index (χ3v) is 3.98. The van der Waals surface area contributed by atoms with Crippen molar-refractivity contribution in [2.75, 3.05) is 20.6 Å². The van der Waals surface area contributed by atoms with Gasteiger partial charge in [-0.15, -0.1) is 0 Å². The Morgan fingerprint density at radius 2 is 1.74 bits per heavy atom. The molecule has 1 fully saturated rings. The van der Waals surface area contributed by atoms with Gasteiger partial charge in [0.25, 0.3) is 0 Å². The average molecular weight is 280 g/mol. The molecule has 1 aliphatic rings. The predicted octanol–water partition coefficient (Wildman–Crippen LogP) is 3.28. The van der Waals surface area contributed by atoms with Gasteiger partial charge in [0.15, 0.2) is 0 Å². The predicted molar refractivity (Wildman–Crippen MR) is 72.1 cm³/mol. The Morgan fingerprint density at radius 1 is 1.16 bits per heavy atom. The van der Waals surface area contributed by atoms with E-state index in [9.17, 15) is 13.2 Å². The number of hydrogen-bond donors (Lipinski definition) is 1. The molecule has 1 rings (SSSR count). The van der Waals surface area contributed by atoms with Crippen LogP contribution in [0.1, 0.15) is 39.5 Å². The quantitative estimate of drug-likeness (QED) is 0.831. The number of nitrogens with zero attached hydrogens (tertiary/aromatic N) is 1. The van der Waals surface area contributed by atoms with Crippen molar-refractivity contribution in [3.63, 3.8) is 0 Å². The lowest BCUT2D eigenvalue weighted by Gasteiger charge is -2.38. The Hall–Kier alpha value is -0.290. The summed E-state index contributed by atoms with van der Waals surface area (Å²) < 4.78 is 39.2. The van der Waals surface area contributed by atoms with Gasteiger partial charge in [0.2, 0.25) is 0 Å². The van der Waals surface area contributed by atoms with E-state index in [0.29, 0.717) is 18.8 Å². The third kappa shape index (κ3) is 5.30. The van der Waals surface area contributed by atoms with Crippen LogP contribution in [-0.2, 0) is 0 Å². The first-order chi connectivity index (χ1) is 8.71. The first-order valence-corrected chi connectivity index (χ1v) is 7.19. The van der Waals surface area contributed by atoms with Gasteiger partial charge in [-0.25, -0.2) is 0 Å². The summed E-state index contributed by atoms with van der Waals surface area (Å²) in [6.07, 6.45) is -1.56. The Kier molecular flexibility index (Phi) is 6.12. The Balaban J connectivity index is 2.69. The summed E-state index contributed by atoms with van der Waals surface area (Å²) in [7, 11) is 3.92. The minimum atomic E-state index is -4.07. The second-order valence-corrected chi connectivity index (χ2v) is 6.32. The van der Waals surface area contributed by atoms with Crippen molar-refractivity contribution in [2.45, 2.75) is 57.8 Å². The Bertz CT molecular complexity index is 264. The summed E-state index contributed by atoms with van der Waals surface area (Å²) in [6, 6.07) is -0.302. The van der Waals surface area contributed by atoms with E-state index in [2.05, 4.69) is 19.2 Å². The van der Waals surface area contributed by atoms with E-state index in [0.717, 1.165) is 13.0 Å². The van der Waals surface area contributed by atoms with Crippen molar-refractivity contribution < 1.29 is 13.2 Å². The van der Waals surface area contributed by atoms with Crippen molar-refractivity contribution in [3.8, 4) is 0 Å².